The third-order valence-electron chi connectivity index (χ3n) is 4.62. The SMILES string of the molecule is CCOC(=O)N1CCN(c2ncnc3c2[nH]c2cc(C)ccc23)CC1. The normalized spacial score (nSPS) is 15.1. The Morgan fingerprint density at radius 2 is 2.04 bits per heavy atom. The fraction of sp³-hybridized carbons (Fsp3) is 0.389. The van der Waals surface area contributed by atoms with Crippen molar-refractivity contribution in [1.82, 2.24) is 19.9 Å². The number of aryl methyl sites for hydroxylation is 1. The van der Waals surface area contributed by atoms with Crippen molar-refractivity contribution in [1.29, 1.82) is 0 Å². The van der Waals surface area contributed by atoms with Crippen LogP contribution in [-0.2, 0) is 4.74 Å². The molecule has 3 heterocycles. The Kier molecular flexibility index (Phi) is 3.91. The van der Waals surface area contributed by atoms with E-state index >= 15 is 0 Å². The highest BCUT2D eigenvalue weighted by Gasteiger charge is 2.24. The molecule has 0 unspecified atom stereocenters. The number of rotatable bonds is 2. The number of H-pyrrole nitrogens is 1. The summed E-state index contributed by atoms with van der Waals surface area (Å²) in [6.07, 6.45) is 1.37. The monoisotopic (exact) mass is 339 g/mol. The molecule has 0 atom stereocenters. The first-order valence-electron chi connectivity index (χ1n) is 8.57. The van der Waals surface area contributed by atoms with Gasteiger partial charge in [0.15, 0.2) is 5.82 Å². The van der Waals surface area contributed by atoms with Gasteiger partial charge in [-0.2, -0.15) is 0 Å². The number of nitrogens with one attached hydrogen (secondary N) is 1. The Balaban J connectivity index is 1.64. The minimum Gasteiger partial charge on any atom is -0.450 e. The Hall–Kier alpha value is -2.83. The Bertz CT molecular complexity index is 928. The summed E-state index contributed by atoms with van der Waals surface area (Å²) in [6, 6.07) is 6.31. The molecule has 1 aliphatic heterocycles. The van der Waals surface area contributed by atoms with Crippen LogP contribution in [0.5, 0.6) is 0 Å². The smallest absolute Gasteiger partial charge is 0.409 e. The van der Waals surface area contributed by atoms with Crippen LogP contribution in [0.4, 0.5) is 10.6 Å². The second kappa shape index (κ2) is 6.23. The zero-order valence-corrected chi connectivity index (χ0v) is 14.5. The molecule has 130 valence electrons. The van der Waals surface area contributed by atoms with Crippen molar-refractivity contribution in [2.45, 2.75) is 13.8 Å². The number of carbonyl (C=O) groups is 1. The quantitative estimate of drug-likeness (QED) is 0.777. The van der Waals surface area contributed by atoms with E-state index in [0.717, 1.165) is 40.8 Å². The molecule has 25 heavy (non-hydrogen) atoms. The van der Waals surface area contributed by atoms with E-state index in [4.69, 9.17) is 4.74 Å². The first-order valence-corrected chi connectivity index (χ1v) is 8.57. The summed E-state index contributed by atoms with van der Waals surface area (Å²) in [5, 5.41) is 1.11. The number of ether oxygens (including phenoxy) is 1. The number of carbonyl (C=O) groups excluding carboxylic acids is 1. The highest BCUT2D eigenvalue weighted by molar-refractivity contribution is 6.08. The Labute approximate surface area is 145 Å². The zero-order chi connectivity index (χ0) is 17.4. The van der Waals surface area contributed by atoms with Crippen molar-refractivity contribution in [2.75, 3.05) is 37.7 Å². The first-order chi connectivity index (χ1) is 12.2. The predicted octanol–water partition coefficient (Wildman–Crippen LogP) is 2.70. The molecule has 1 N–H and O–H groups in total. The number of piperazine rings is 1. The molecule has 1 amide bonds. The van der Waals surface area contributed by atoms with Gasteiger partial charge in [-0.05, 0) is 25.5 Å². The fourth-order valence-electron chi connectivity index (χ4n) is 3.35. The summed E-state index contributed by atoms with van der Waals surface area (Å²) >= 11 is 0. The van der Waals surface area contributed by atoms with Crippen LogP contribution in [0, 0.1) is 6.92 Å². The minimum absolute atomic E-state index is 0.240. The molecule has 1 fully saturated rings. The van der Waals surface area contributed by atoms with Crippen molar-refractivity contribution >= 4 is 33.8 Å². The largest absolute Gasteiger partial charge is 0.450 e. The van der Waals surface area contributed by atoms with Crippen molar-refractivity contribution in [3.05, 3.63) is 30.1 Å². The summed E-state index contributed by atoms with van der Waals surface area (Å²) < 4.78 is 5.08. The highest BCUT2D eigenvalue weighted by atomic mass is 16.6. The maximum Gasteiger partial charge on any atom is 0.409 e. The summed E-state index contributed by atoms with van der Waals surface area (Å²) in [6.45, 7) is 7.00. The maximum atomic E-state index is 11.9. The number of nitrogens with zero attached hydrogens (tertiary/aromatic N) is 4. The van der Waals surface area contributed by atoms with E-state index in [9.17, 15) is 4.79 Å². The minimum atomic E-state index is -0.240. The van der Waals surface area contributed by atoms with Gasteiger partial charge in [0.05, 0.1) is 6.61 Å². The molecule has 4 rings (SSSR count). The molecule has 0 radical (unpaired) electrons. The number of amides is 1. The van der Waals surface area contributed by atoms with E-state index in [1.807, 2.05) is 6.92 Å². The number of anilines is 1. The third kappa shape index (κ3) is 2.75. The number of hydrogen-bond donors (Lipinski definition) is 1. The summed E-state index contributed by atoms with van der Waals surface area (Å²) in [5.74, 6) is 0.891. The molecule has 1 aromatic carbocycles. The van der Waals surface area contributed by atoms with Crippen LogP contribution >= 0.6 is 0 Å². The van der Waals surface area contributed by atoms with Crippen molar-refractivity contribution < 1.29 is 9.53 Å². The molecular formula is C18H21N5O2. The van der Waals surface area contributed by atoms with Gasteiger partial charge in [-0.25, -0.2) is 14.8 Å². The number of benzene rings is 1. The van der Waals surface area contributed by atoms with Crippen LogP contribution in [0.1, 0.15) is 12.5 Å². The molecule has 0 spiro atoms. The lowest BCUT2D eigenvalue weighted by Gasteiger charge is -2.34. The number of fused-ring (bicyclic) bond motifs is 3. The number of hydrogen-bond acceptors (Lipinski definition) is 5. The van der Waals surface area contributed by atoms with Gasteiger partial charge in [-0.15, -0.1) is 0 Å². The van der Waals surface area contributed by atoms with E-state index in [1.54, 1.807) is 11.2 Å². The topological polar surface area (TPSA) is 74.3 Å². The summed E-state index contributed by atoms with van der Waals surface area (Å²) in [5.41, 5.74) is 4.17. The van der Waals surface area contributed by atoms with E-state index in [-0.39, 0.29) is 6.09 Å². The molecule has 3 aromatic rings. The van der Waals surface area contributed by atoms with Crippen molar-refractivity contribution in [2.24, 2.45) is 0 Å². The lowest BCUT2D eigenvalue weighted by molar-refractivity contribution is 0.105. The van der Waals surface area contributed by atoms with Crippen LogP contribution in [-0.4, -0.2) is 58.7 Å². The van der Waals surface area contributed by atoms with Crippen molar-refractivity contribution in [3.8, 4) is 0 Å². The van der Waals surface area contributed by atoms with Gasteiger partial charge in [-0.1, -0.05) is 12.1 Å². The Morgan fingerprint density at radius 1 is 1.24 bits per heavy atom. The van der Waals surface area contributed by atoms with Gasteiger partial charge in [-0.3, -0.25) is 0 Å². The lowest BCUT2D eigenvalue weighted by Crippen LogP contribution is -2.49. The van der Waals surface area contributed by atoms with E-state index in [2.05, 4.69) is 45.0 Å². The summed E-state index contributed by atoms with van der Waals surface area (Å²) in [4.78, 5) is 28.2. The van der Waals surface area contributed by atoms with Crippen LogP contribution in [0.2, 0.25) is 0 Å². The summed E-state index contributed by atoms with van der Waals surface area (Å²) in [7, 11) is 0. The van der Waals surface area contributed by atoms with E-state index in [1.165, 1.54) is 5.56 Å². The van der Waals surface area contributed by atoms with E-state index in [0.29, 0.717) is 19.7 Å². The average Bonchev–Trinajstić information content (AvgIpc) is 2.99. The second-order valence-electron chi connectivity index (χ2n) is 6.27. The molecule has 0 saturated carbocycles. The molecule has 2 aromatic heterocycles. The lowest BCUT2D eigenvalue weighted by atomic mass is 10.2. The van der Waals surface area contributed by atoms with Crippen LogP contribution in [0.15, 0.2) is 24.5 Å². The van der Waals surface area contributed by atoms with E-state index < -0.39 is 0 Å². The molecular weight excluding hydrogens is 318 g/mol. The van der Waals surface area contributed by atoms with Gasteiger partial charge in [0, 0.05) is 37.1 Å². The molecule has 0 bridgehead atoms. The van der Waals surface area contributed by atoms with Gasteiger partial charge < -0.3 is 19.5 Å². The third-order valence-corrected chi connectivity index (χ3v) is 4.62. The van der Waals surface area contributed by atoms with Crippen LogP contribution in [0.25, 0.3) is 21.9 Å². The first kappa shape index (κ1) is 15.7. The standard InChI is InChI=1S/C18H21N5O2/c1-3-25-18(24)23-8-6-22(7-9-23)17-16-15(19-11-20-17)13-5-4-12(2)10-14(13)21-16/h4-5,10-11,21H,3,6-9H2,1-2H3. The Morgan fingerprint density at radius 3 is 2.80 bits per heavy atom. The van der Waals surface area contributed by atoms with Gasteiger partial charge in [0.1, 0.15) is 17.4 Å². The van der Waals surface area contributed by atoms with Gasteiger partial charge in [0.25, 0.3) is 0 Å². The highest BCUT2D eigenvalue weighted by Crippen LogP contribution is 2.30. The predicted molar refractivity (Wildman–Crippen MR) is 96.9 cm³/mol. The molecule has 1 saturated heterocycles. The molecule has 1 aliphatic rings. The maximum absolute atomic E-state index is 11.9. The van der Waals surface area contributed by atoms with Crippen molar-refractivity contribution in [3.63, 3.8) is 0 Å². The van der Waals surface area contributed by atoms with Gasteiger partial charge in [0.2, 0.25) is 0 Å². The molecule has 7 nitrogen and oxygen atoms in total. The second-order valence-corrected chi connectivity index (χ2v) is 6.27. The molecule has 7 heteroatoms. The average molecular weight is 339 g/mol. The fourth-order valence-corrected chi connectivity index (χ4v) is 3.35. The number of aromatic amines is 1. The van der Waals surface area contributed by atoms with Crippen LogP contribution in [0.3, 0.4) is 0 Å². The van der Waals surface area contributed by atoms with Crippen LogP contribution < -0.4 is 4.90 Å². The number of aromatic nitrogens is 3. The van der Waals surface area contributed by atoms with Gasteiger partial charge >= 0.3 is 6.09 Å². The molecule has 0 aliphatic carbocycles. The zero-order valence-electron chi connectivity index (χ0n) is 14.5.